The second-order valence-electron chi connectivity index (χ2n) is 14.5. The zero-order chi connectivity index (χ0) is 32.4. The molecule has 1 spiro atoms. The number of aliphatic imine (C=N–C) groups is 1. The molecule has 0 aromatic heterocycles. The van der Waals surface area contributed by atoms with Crippen molar-refractivity contribution in [1.82, 2.24) is 10.2 Å². The largest absolute Gasteiger partial charge is 0.481 e. The van der Waals surface area contributed by atoms with Crippen LogP contribution in [0.5, 0.6) is 0 Å². The molecular weight excluding hydrogens is 564 g/mol. The Kier molecular flexibility index (Phi) is 9.66. The first kappa shape index (κ1) is 33.3. The third kappa shape index (κ3) is 7.53. The molecule has 9 heteroatoms. The number of aliphatic carboxylic acids is 1. The van der Waals surface area contributed by atoms with Crippen LogP contribution in [-0.4, -0.2) is 45.7 Å². The van der Waals surface area contributed by atoms with Gasteiger partial charge in [-0.15, -0.1) is 0 Å². The van der Waals surface area contributed by atoms with Crippen LogP contribution in [0.4, 0.5) is 8.78 Å². The summed E-state index contributed by atoms with van der Waals surface area (Å²) < 4.78 is 28.2. The molecule has 2 aromatic rings. The smallest absolute Gasteiger partial charge is 0.305 e. The van der Waals surface area contributed by atoms with Crippen LogP contribution in [0.2, 0.25) is 0 Å². The van der Waals surface area contributed by atoms with E-state index in [0.29, 0.717) is 30.7 Å². The Morgan fingerprint density at radius 3 is 2.20 bits per heavy atom. The summed E-state index contributed by atoms with van der Waals surface area (Å²) in [5, 5.41) is 11.5. The van der Waals surface area contributed by atoms with Crippen molar-refractivity contribution in [2.24, 2.45) is 21.7 Å². The fourth-order valence-corrected chi connectivity index (χ4v) is 6.43. The van der Waals surface area contributed by atoms with Gasteiger partial charge in [0.15, 0.2) is 11.6 Å². The predicted molar refractivity (Wildman–Crippen MR) is 166 cm³/mol. The van der Waals surface area contributed by atoms with Gasteiger partial charge in [-0.25, -0.2) is 8.78 Å². The topological polar surface area (TPSA) is 99.1 Å². The molecule has 44 heavy (non-hydrogen) atoms. The minimum absolute atomic E-state index is 0.0220. The SMILES string of the molecule is CC(C)(C)CC[C@H](c1ccc(C(=O)NCCC(=O)O)cc1)N1C(=O)C(c2ccc(F)c(F)c2)=NC12CCC(C(C)(C)C)CC2. The van der Waals surface area contributed by atoms with E-state index < -0.39 is 23.3 Å². The van der Waals surface area contributed by atoms with Crippen LogP contribution in [0.25, 0.3) is 0 Å². The molecule has 1 fully saturated rings. The molecule has 2 amide bonds. The molecule has 4 rings (SSSR count). The molecule has 1 heterocycles. The van der Waals surface area contributed by atoms with E-state index in [9.17, 15) is 23.2 Å². The van der Waals surface area contributed by atoms with E-state index in [0.717, 1.165) is 37.0 Å². The first-order valence-corrected chi connectivity index (χ1v) is 15.5. The minimum Gasteiger partial charge on any atom is -0.481 e. The minimum atomic E-state index is -1.02. The van der Waals surface area contributed by atoms with Gasteiger partial charge in [-0.3, -0.25) is 19.4 Å². The van der Waals surface area contributed by atoms with Gasteiger partial charge in [-0.2, -0.15) is 0 Å². The Morgan fingerprint density at radius 2 is 1.66 bits per heavy atom. The van der Waals surface area contributed by atoms with Gasteiger partial charge in [0, 0.05) is 17.7 Å². The number of carboxylic acids is 1. The van der Waals surface area contributed by atoms with E-state index in [-0.39, 0.29) is 52.9 Å². The highest BCUT2D eigenvalue weighted by atomic mass is 19.2. The first-order valence-electron chi connectivity index (χ1n) is 15.5. The van der Waals surface area contributed by atoms with Crippen molar-refractivity contribution < 1.29 is 28.3 Å². The average Bonchev–Trinajstić information content (AvgIpc) is 3.20. The molecule has 1 aliphatic carbocycles. The van der Waals surface area contributed by atoms with Crippen LogP contribution >= 0.6 is 0 Å². The maximum Gasteiger partial charge on any atom is 0.305 e. The first-order chi connectivity index (χ1) is 20.5. The maximum atomic E-state index is 14.4. The summed E-state index contributed by atoms with van der Waals surface area (Å²) in [6.45, 7) is 13.2. The number of carboxylic acid groups (broad SMARTS) is 1. The van der Waals surface area contributed by atoms with Crippen molar-refractivity contribution in [1.29, 1.82) is 0 Å². The molecule has 0 radical (unpaired) electrons. The van der Waals surface area contributed by atoms with Gasteiger partial charge in [0.25, 0.3) is 11.8 Å². The molecule has 238 valence electrons. The second kappa shape index (κ2) is 12.8. The lowest BCUT2D eigenvalue weighted by Crippen LogP contribution is -2.51. The van der Waals surface area contributed by atoms with Crippen LogP contribution in [0.3, 0.4) is 0 Å². The van der Waals surface area contributed by atoms with Crippen molar-refractivity contribution in [3.05, 3.63) is 70.8 Å². The summed E-state index contributed by atoms with van der Waals surface area (Å²) in [6.07, 6.45) is 4.35. The van der Waals surface area contributed by atoms with Crippen molar-refractivity contribution in [2.75, 3.05) is 6.54 Å². The molecule has 1 saturated carbocycles. The molecule has 1 aliphatic heterocycles. The molecule has 1 atom stereocenters. The Bertz CT molecular complexity index is 1410. The molecule has 2 aromatic carbocycles. The lowest BCUT2D eigenvalue weighted by Gasteiger charge is -2.47. The number of carbonyl (C=O) groups is 3. The molecule has 7 nitrogen and oxygen atoms in total. The second-order valence-corrected chi connectivity index (χ2v) is 14.5. The van der Waals surface area contributed by atoms with E-state index in [2.05, 4.69) is 46.9 Å². The van der Waals surface area contributed by atoms with E-state index in [4.69, 9.17) is 10.1 Å². The molecule has 0 bridgehead atoms. The molecule has 0 saturated heterocycles. The Balaban J connectivity index is 1.74. The van der Waals surface area contributed by atoms with E-state index in [1.807, 2.05) is 17.0 Å². The summed E-state index contributed by atoms with van der Waals surface area (Å²) in [5.41, 5.74) is 0.906. The highest BCUT2D eigenvalue weighted by molar-refractivity contribution is 6.46. The number of hydrogen-bond acceptors (Lipinski definition) is 4. The number of benzene rings is 2. The normalized spacial score (nSPS) is 21.4. The Labute approximate surface area is 259 Å². The summed E-state index contributed by atoms with van der Waals surface area (Å²) >= 11 is 0. The van der Waals surface area contributed by atoms with Gasteiger partial charge in [-0.05, 0) is 91.2 Å². The van der Waals surface area contributed by atoms with E-state index in [1.165, 1.54) is 6.07 Å². The fraction of sp³-hybridized carbons (Fsp3) is 0.543. The Hall–Kier alpha value is -3.62. The van der Waals surface area contributed by atoms with Crippen LogP contribution < -0.4 is 5.32 Å². The number of amides is 2. The lowest BCUT2D eigenvalue weighted by molar-refractivity contribution is -0.137. The van der Waals surface area contributed by atoms with Gasteiger partial charge in [-0.1, -0.05) is 53.7 Å². The van der Waals surface area contributed by atoms with Crippen molar-refractivity contribution in [3.63, 3.8) is 0 Å². The predicted octanol–water partition coefficient (Wildman–Crippen LogP) is 7.30. The van der Waals surface area contributed by atoms with Gasteiger partial charge in [0.2, 0.25) is 0 Å². The fourth-order valence-electron chi connectivity index (χ4n) is 6.43. The van der Waals surface area contributed by atoms with Crippen molar-refractivity contribution >= 4 is 23.5 Å². The van der Waals surface area contributed by atoms with E-state index >= 15 is 0 Å². The summed E-state index contributed by atoms with van der Waals surface area (Å²) in [6, 6.07) is 10.2. The molecule has 2 aliphatic rings. The zero-order valence-electron chi connectivity index (χ0n) is 26.7. The standard InChI is InChI=1S/C35H45F2N3O4/c1-33(2,3)17-15-28(22-7-9-23(10-8-22)31(43)38-20-16-29(41)42)40-32(44)30(24-11-12-26(36)27(37)21-24)39-35(40)18-13-25(14-19-35)34(4,5)6/h7-12,21,25,28H,13-20H2,1-6H3,(H,38,43)(H,41,42)/t25?,28-,35?/m1/s1. The van der Waals surface area contributed by atoms with Crippen LogP contribution in [-0.2, 0) is 9.59 Å². The maximum absolute atomic E-state index is 14.4. The highest BCUT2D eigenvalue weighted by Gasteiger charge is 2.52. The monoisotopic (exact) mass is 609 g/mol. The van der Waals surface area contributed by atoms with Gasteiger partial charge >= 0.3 is 5.97 Å². The summed E-state index contributed by atoms with van der Waals surface area (Å²) in [5.74, 6) is -3.22. The lowest BCUT2D eigenvalue weighted by atomic mass is 9.69. The zero-order valence-corrected chi connectivity index (χ0v) is 26.7. The highest BCUT2D eigenvalue weighted by Crippen LogP contribution is 2.50. The van der Waals surface area contributed by atoms with Crippen LogP contribution in [0.15, 0.2) is 47.5 Å². The number of nitrogens with zero attached hydrogens (tertiary/aromatic N) is 2. The van der Waals surface area contributed by atoms with Crippen molar-refractivity contribution in [3.8, 4) is 0 Å². The number of carbonyl (C=O) groups excluding carboxylic acids is 2. The van der Waals surface area contributed by atoms with Crippen LogP contribution in [0.1, 0.15) is 114 Å². The third-order valence-electron chi connectivity index (χ3n) is 9.06. The molecular formula is C35H45F2N3O4. The van der Waals surface area contributed by atoms with Gasteiger partial charge < -0.3 is 15.3 Å². The van der Waals surface area contributed by atoms with Crippen LogP contribution in [0, 0.1) is 28.4 Å². The summed E-state index contributed by atoms with van der Waals surface area (Å²) in [7, 11) is 0. The average molecular weight is 610 g/mol. The number of hydrogen-bond donors (Lipinski definition) is 2. The Morgan fingerprint density at radius 1 is 1.02 bits per heavy atom. The quantitative estimate of drug-likeness (QED) is 0.312. The van der Waals surface area contributed by atoms with Crippen molar-refractivity contribution in [2.45, 2.75) is 98.2 Å². The van der Waals surface area contributed by atoms with E-state index in [1.54, 1.807) is 12.1 Å². The molecule has 2 N–H and O–H groups in total. The number of nitrogens with one attached hydrogen (secondary N) is 1. The molecule has 0 unspecified atom stereocenters. The number of rotatable bonds is 9. The number of halogens is 2. The van der Waals surface area contributed by atoms with Gasteiger partial charge in [0.1, 0.15) is 11.4 Å². The third-order valence-corrected chi connectivity index (χ3v) is 9.06. The van der Waals surface area contributed by atoms with Gasteiger partial charge in [0.05, 0.1) is 12.5 Å². The summed E-state index contributed by atoms with van der Waals surface area (Å²) in [4.78, 5) is 44.8.